The van der Waals surface area contributed by atoms with Gasteiger partial charge in [0, 0.05) is 11.0 Å². The highest BCUT2D eigenvalue weighted by Gasteiger charge is 2.51. The average molecular weight is 330 g/mol. The third kappa shape index (κ3) is 2.03. The molecule has 0 amide bonds. The number of rotatable bonds is 1. The molecule has 1 aromatic rings. The Labute approximate surface area is 104 Å². The minimum atomic E-state index is -5.29. The van der Waals surface area contributed by atoms with Crippen molar-refractivity contribution in [3.8, 4) is 0 Å². The monoisotopic (exact) mass is 329 g/mol. The van der Waals surface area contributed by atoms with Crippen LogP contribution in [-0.4, -0.2) is 20.5 Å². The van der Waals surface area contributed by atoms with E-state index in [4.69, 9.17) is 0 Å². The highest BCUT2D eigenvalue weighted by molar-refractivity contribution is 9.10. The maximum Gasteiger partial charge on any atom is 0.516 e. The van der Waals surface area contributed by atoms with Crippen LogP contribution in [0.5, 0.6) is 0 Å². The molecule has 3 nitrogen and oxygen atoms in total. The smallest absolute Gasteiger partial charge is 0.262 e. The maximum absolute atomic E-state index is 12.4. The van der Waals surface area contributed by atoms with Gasteiger partial charge in [-0.2, -0.15) is 21.6 Å². The fourth-order valence-electron chi connectivity index (χ4n) is 1.70. The summed E-state index contributed by atoms with van der Waals surface area (Å²) in [7, 11) is -5.29. The third-order valence-corrected chi connectivity index (χ3v) is 4.52. The lowest BCUT2D eigenvalue weighted by Crippen LogP contribution is -2.39. The van der Waals surface area contributed by atoms with Gasteiger partial charge < -0.3 is 0 Å². The van der Waals surface area contributed by atoms with Gasteiger partial charge in [-0.15, -0.1) is 0 Å². The standard InChI is InChI=1S/C9H7BrF3NO2S/c10-7-2-1-6-3-4-14(8(6)5-7)17(15,16)9(11,12)13/h1-2,5H,3-4H2. The lowest BCUT2D eigenvalue weighted by Gasteiger charge is -2.20. The van der Waals surface area contributed by atoms with Gasteiger partial charge in [0.1, 0.15) is 0 Å². The molecule has 1 aromatic carbocycles. The first-order valence-electron chi connectivity index (χ1n) is 4.61. The molecule has 0 saturated carbocycles. The van der Waals surface area contributed by atoms with Crippen LogP contribution in [-0.2, 0) is 16.4 Å². The molecule has 0 bridgehead atoms. The molecular formula is C9H7BrF3NO2S. The highest BCUT2D eigenvalue weighted by atomic mass is 79.9. The Bertz CT molecular complexity index is 556. The van der Waals surface area contributed by atoms with E-state index >= 15 is 0 Å². The van der Waals surface area contributed by atoms with E-state index in [9.17, 15) is 21.6 Å². The molecule has 0 aliphatic carbocycles. The van der Waals surface area contributed by atoms with E-state index in [1.165, 1.54) is 6.07 Å². The molecule has 2 rings (SSSR count). The SMILES string of the molecule is O=S(=O)(N1CCc2ccc(Br)cc21)C(F)(F)F. The van der Waals surface area contributed by atoms with Crippen molar-refractivity contribution in [1.29, 1.82) is 0 Å². The third-order valence-electron chi connectivity index (χ3n) is 2.48. The molecule has 94 valence electrons. The average Bonchev–Trinajstić information content (AvgIpc) is 2.58. The summed E-state index contributed by atoms with van der Waals surface area (Å²) in [5.41, 5.74) is -4.57. The van der Waals surface area contributed by atoms with Crippen molar-refractivity contribution in [2.24, 2.45) is 0 Å². The summed E-state index contributed by atoms with van der Waals surface area (Å²) < 4.78 is 60.9. The van der Waals surface area contributed by atoms with Crippen LogP contribution in [0.1, 0.15) is 5.56 Å². The van der Waals surface area contributed by atoms with Gasteiger partial charge in [0.15, 0.2) is 0 Å². The summed E-state index contributed by atoms with van der Waals surface area (Å²) in [5, 5.41) is 0. The van der Waals surface area contributed by atoms with Crippen LogP contribution < -0.4 is 4.31 Å². The first-order valence-corrected chi connectivity index (χ1v) is 6.84. The Morgan fingerprint density at radius 2 is 1.94 bits per heavy atom. The number of nitrogens with zero attached hydrogens (tertiary/aromatic N) is 1. The van der Waals surface area contributed by atoms with Gasteiger partial charge in [-0.05, 0) is 24.1 Å². The van der Waals surface area contributed by atoms with Gasteiger partial charge in [-0.3, -0.25) is 4.31 Å². The van der Waals surface area contributed by atoms with E-state index in [0.717, 1.165) is 0 Å². The second-order valence-electron chi connectivity index (χ2n) is 3.55. The predicted molar refractivity (Wildman–Crippen MR) is 60.2 cm³/mol. The number of hydrogen-bond acceptors (Lipinski definition) is 2. The van der Waals surface area contributed by atoms with Crippen molar-refractivity contribution in [3.63, 3.8) is 0 Å². The summed E-state index contributed by atoms with van der Waals surface area (Å²) in [6.45, 7) is -0.173. The molecule has 1 heterocycles. The lowest BCUT2D eigenvalue weighted by atomic mass is 10.2. The van der Waals surface area contributed by atoms with Crippen molar-refractivity contribution in [2.45, 2.75) is 11.9 Å². The van der Waals surface area contributed by atoms with Crippen molar-refractivity contribution in [2.75, 3.05) is 10.8 Å². The molecule has 0 N–H and O–H groups in total. The molecule has 0 fully saturated rings. The molecule has 0 unspecified atom stereocenters. The fraction of sp³-hybridized carbons (Fsp3) is 0.333. The van der Waals surface area contributed by atoms with E-state index < -0.39 is 15.5 Å². The van der Waals surface area contributed by atoms with E-state index in [-0.39, 0.29) is 18.7 Å². The molecule has 0 spiro atoms. The van der Waals surface area contributed by atoms with Crippen molar-refractivity contribution >= 4 is 31.6 Å². The molecule has 0 aromatic heterocycles. The molecule has 1 aliphatic rings. The number of halogens is 4. The zero-order valence-electron chi connectivity index (χ0n) is 8.33. The van der Waals surface area contributed by atoms with Crippen LogP contribution in [0.2, 0.25) is 0 Å². The summed E-state index contributed by atoms with van der Waals surface area (Å²) >= 11 is 3.11. The van der Waals surface area contributed by atoms with E-state index in [2.05, 4.69) is 15.9 Å². The molecular weight excluding hydrogens is 323 g/mol. The van der Waals surface area contributed by atoms with Crippen LogP contribution in [0.3, 0.4) is 0 Å². The van der Waals surface area contributed by atoms with Gasteiger partial charge in [0.05, 0.1) is 5.69 Å². The second kappa shape index (κ2) is 3.88. The van der Waals surface area contributed by atoms with Crippen molar-refractivity contribution in [3.05, 3.63) is 28.2 Å². The minimum Gasteiger partial charge on any atom is -0.262 e. The van der Waals surface area contributed by atoms with E-state index in [1.54, 1.807) is 12.1 Å². The highest BCUT2D eigenvalue weighted by Crippen LogP contribution is 2.37. The normalized spacial score (nSPS) is 16.1. The number of hydrogen-bond donors (Lipinski definition) is 0. The van der Waals surface area contributed by atoms with Crippen LogP contribution in [0.25, 0.3) is 0 Å². The van der Waals surface area contributed by atoms with Gasteiger partial charge in [-0.25, -0.2) is 0 Å². The molecule has 0 radical (unpaired) electrons. The van der Waals surface area contributed by atoms with Crippen LogP contribution >= 0.6 is 15.9 Å². The molecule has 0 saturated heterocycles. The van der Waals surface area contributed by atoms with Crippen LogP contribution in [0, 0.1) is 0 Å². The minimum absolute atomic E-state index is 0.0942. The Balaban J connectivity index is 2.51. The Morgan fingerprint density at radius 1 is 1.29 bits per heavy atom. The Hall–Kier alpha value is -0.760. The zero-order valence-corrected chi connectivity index (χ0v) is 10.7. The number of sulfonamides is 1. The Kier molecular flexibility index (Phi) is 2.89. The first-order chi connectivity index (χ1) is 7.73. The van der Waals surface area contributed by atoms with Crippen molar-refractivity contribution in [1.82, 2.24) is 0 Å². The zero-order chi connectivity index (χ0) is 12.8. The lowest BCUT2D eigenvalue weighted by molar-refractivity contribution is -0.0437. The van der Waals surface area contributed by atoms with Gasteiger partial charge >= 0.3 is 15.5 Å². The molecule has 1 aliphatic heterocycles. The molecule has 17 heavy (non-hydrogen) atoms. The predicted octanol–water partition coefficient (Wildman–Crippen LogP) is 2.66. The molecule has 8 heteroatoms. The van der Waals surface area contributed by atoms with Crippen LogP contribution in [0.15, 0.2) is 22.7 Å². The summed E-state index contributed by atoms with van der Waals surface area (Å²) in [4.78, 5) is 0. The Morgan fingerprint density at radius 3 is 2.53 bits per heavy atom. The number of benzene rings is 1. The first kappa shape index (κ1) is 12.7. The van der Waals surface area contributed by atoms with E-state index in [0.29, 0.717) is 14.3 Å². The quantitative estimate of drug-likeness (QED) is 0.794. The summed E-state index contributed by atoms with van der Waals surface area (Å²) in [6, 6.07) is 4.67. The fourth-order valence-corrected chi connectivity index (χ4v) is 3.06. The number of fused-ring (bicyclic) bond motifs is 1. The number of anilines is 1. The summed E-state index contributed by atoms with van der Waals surface area (Å²) in [6.07, 6.45) is 0.290. The topological polar surface area (TPSA) is 37.4 Å². The number of alkyl halides is 3. The van der Waals surface area contributed by atoms with Gasteiger partial charge in [0.2, 0.25) is 0 Å². The largest absolute Gasteiger partial charge is 0.516 e. The van der Waals surface area contributed by atoms with Gasteiger partial charge in [0.25, 0.3) is 0 Å². The second-order valence-corrected chi connectivity index (χ2v) is 6.32. The van der Waals surface area contributed by atoms with Gasteiger partial charge in [-0.1, -0.05) is 22.0 Å². The van der Waals surface area contributed by atoms with Crippen molar-refractivity contribution < 1.29 is 21.6 Å². The van der Waals surface area contributed by atoms with E-state index in [1.807, 2.05) is 0 Å². The molecule has 0 atom stereocenters. The maximum atomic E-state index is 12.4. The van der Waals surface area contributed by atoms with Crippen LogP contribution in [0.4, 0.5) is 18.9 Å². The summed E-state index contributed by atoms with van der Waals surface area (Å²) in [5.74, 6) is 0.